The van der Waals surface area contributed by atoms with E-state index in [4.69, 9.17) is 18.4 Å². The zero-order valence-corrected chi connectivity index (χ0v) is 14.5. The van der Waals surface area contributed by atoms with Gasteiger partial charge >= 0.3 is 0 Å². The molecule has 2 rings (SSSR count). The first kappa shape index (κ1) is 19.0. The Bertz CT molecular complexity index is 780. The predicted molar refractivity (Wildman–Crippen MR) is 98.3 cm³/mol. The van der Waals surface area contributed by atoms with Gasteiger partial charge in [-0.2, -0.15) is 5.26 Å². The number of hydrogen-bond acceptors (Lipinski definition) is 1. The summed E-state index contributed by atoms with van der Waals surface area (Å²) in [5, 5.41) is 8.71. The summed E-state index contributed by atoms with van der Waals surface area (Å²) in [6.45, 7) is 22.0. The van der Waals surface area contributed by atoms with E-state index in [-0.39, 0.29) is 0 Å². The summed E-state index contributed by atoms with van der Waals surface area (Å²) >= 11 is 0. The average molecular weight is 315 g/mol. The van der Waals surface area contributed by atoms with E-state index in [0.717, 1.165) is 11.3 Å². The monoisotopic (exact) mass is 315 g/mol. The van der Waals surface area contributed by atoms with Gasteiger partial charge in [-0.25, -0.2) is 9.69 Å². The van der Waals surface area contributed by atoms with Crippen LogP contribution in [0, 0.1) is 24.5 Å². The molecule has 0 aliphatic carbocycles. The van der Waals surface area contributed by atoms with E-state index in [1.54, 1.807) is 6.07 Å². The molecule has 0 amide bonds. The van der Waals surface area contributed by atoms with E-state index in [2.05, 4.69) is 35.7 Å². The Labute approximate surface area is 144 Å². The molecule has 2 aromatic rings. The second kappa shape index (κ2) is 9.14. The lowest BCUT2D eigenvalue weighted by atomic mass is 10.0. The van der Waals surface area contributed by atoms with Gasteiger partial charge in [0.15, 0.2) is 11.4 Å². The SMILES string of the molecule is [C-]#[N+]c1cc(C#N)cc(C(C)C)c1.[C-]#[N+]c1cccc(C(C)C)c1. The van der Waals surface area contributed by atoms with Crippen LogP contribution in [0.5, 0.6) is 0 Å². The van der Waals surface area contributed by atoms with Crippen LogP contribution < -0.4 is 0 Å². The molecule has 0 bridgehead atoms. The third-order valence-electron chi connectivity index (χ3n) is 3.53. The zero-order valence-electron chi connectivity index (χ0n) is 14.5. The van der Waals surface area contributed by atoms with Crippen LogP contribution in [0.2, 0.25) is 0 Å². The van der Waals surface area contributed by atoms with Crippen molar-refractivity contribution in [1.29, 1.82) is 5.26 Å². The third kappa shape index (κ3) is 5.60. The molecule has 0 fully saturated rings. The molecule has 0 saturated carbocycles. The van der Waals surface area contributed by atoms with Crippen LogP contribution in [0.25, 0.3) is 9.69 Å². The third-order valence-corrected chi connectivity index (χ3v) is 3.53. The van der Waals surface area contributed by atoms with E-state index in [0.29, 0.717) is 23.1 Å². The van der Waals surface area contributed by atoms with Gasteiger partial charge in [-0.15, -0.1) is 0 Å². The Morgan fingerprint density at radius 1 is 0.833 bits per heavy atom. The Morgan fingerprint density at radius 3 is 1.92 bits per heavy atom. The highest BCUT2D eigenvalue weighted by Crippen LogP contribution is 2.23. The molecule has 0 heterocycles. The Kier molecular flexibility index (Phi) is 7.22. The van der Waals surface area contributed by atoms with Crippen molar-refractivity contribution in [2.75, 3.05) is 0 Å². The quantitative estimate of drug-likeness (QED) is 0.575. The van der Waals surface area contributed by atoms with Crippen molar-refractivity contribution in [3.05, 3.63) is 82.0 Å². The Hall–Kier alpha value is -3.09. The van der Waals surface area contributed by atoms with Crippen LogP contribution in [-0.4, -0.2) is 0 Å². The second-order valence-electron chi connectivity index (χ2n) is 6.05. The molecule has 0 atom stereocenters. The fourth-order valence-electron chi connectivity index (χ4n) is 2.05. The van der Waals surface area contributed by atoms with Crippen molar-refractivity contribution in [1.82, 2.24) is 0 Å². The van der Waals surface area contributed by atoms with Gasteiger partial charge in [0.05, 0.1) is 19.2 Å². The lowest BCUT2D eigenvalue weighted by Gasteiger charge is -2.05. The zero-order chi connectivity index (χ0) is 18.1. The first-order chi connectivity index (χ1) is 11.4. The molecule has 3 nitrogen and oxygen atoms in total. The molecule has 24 heavy (non-hydrogen) atoms. The van der Waals surface area contributed by atoms with Crippen LogP contribution in [0.3, 0.4) is 0 Å². The molecule has 0 N–H and O–H groups in total. The number of rotatable bonds is 2. The van der Waals surface area contributed by atoms with Gasteiger partial charge in [-0.1, -0.05) is 69.2 Å². The van der Waals surface area contributed by atoms with E-state index in [1.165, 1.54) is 5.56 Å². The maximum Gasteiger partial charge on any atom is 0.188 e. The van der Waals surface area contributed by atoms with Crippen molar-refractivity contribution >= 4 is 11.4 Å². The fraction of sp³-hybridized carbons (Fsp3) is 0.286. The predicted octanol–water partition coefficient (Wildman–Crippen LogP) is 6.59. The Balaban J connectivity index is 0.000000243. The number of nitriles is 1. The number of nitrogens with zero attached hydrogens (tertiary/aromatic N) is 3. The molecule has 0 radical (unpaired) electrons. The van der Waals surface area contributed by atoms with Gasteiger partial charge < -0.3 is 0 Å². The average Bonchev–Trinajstić information content (AvgIpc) is 2.61. The first-order valence-electron chi connectivity index (χ1n) is 7.81. The van der Waals surface area contributed by atoms with Gasteiger partial charge in [0.2, 0.25) is 0 Å². The van der Waals surface area contributed by atoms with E-state index < -0.39 is 0 Å². The summed E-state index contributed by atoms with van der Waals surface area (Å²) in [6.07, 6.45) is 0. The van der Waals surface area contributed by atoms with Crippen LogP contribution >= 0.6 is 0 Å². The molecule has 0 aromatic heterocycles. The van der Waals surface area contributed by atoms with E-state index in [1.807, 2.05) is 44.2 Å². The molecular weight excluding hydrogens is 294 g/mol. The van der Waals surface area contributed by atoms with Crippen molar-refractivity contribution in [3.63, 3.8) is 0 Å². The first-order valence-corrected chi connectivity index (χ1v) is 7.81. The second-order valence-corrected chi connectivity index (χ2v) is 6.05. The summed E-state index contributed by atoms with van der Waals surface area (Å²) < 4.78 is 0. The molecule has 0 aliphatic heterocycles. The number of benzene rings is 2. The molecule has 0 spiro atoms. The van der Waals surface area contributed by atoms with Crippen LogP contribution in [0.4, 0.5) is 11.4 Å². The summed E-state index contributed by atoms with van der Waals surface area (Å²) in [7, 11) is 0. The molecule has 120 valence electrons. The molecule has 3 heteroatoms. The largest absolute Gasteiger partial charge is 0.238 e. The highest BCUT2D eigenvalue weighted by Gasteiger charge is 2.03. The van der Waals surface area contributed by atoms with Crippen molar-refractivity contribution in [2.45, 2.75) is 39.5 Å². The maximum atomic E-state index is 8.71. The molecule has 2 aromatic carbocycles. The maximum absolute atomic E-state index is 8.71. The van der Waals surface area contributed by atoms with Crippen LogP contribution in [-0.2, 0) is 0 Å². The van der Waals surface area contributed by atoms with Crippen LogP contribution in [0.15, 0.2) is 42.5 Å². The van der Waals surface area contributed by atoms with Gasteiger partial charge in [-0.3, -0.25) is 0 Å². The molecule has 0 saturated heterocycles. The molecular formula is C21H21N3. The molecule has 0 unspecified atom stereocenters. The summed E-state index contributed by atoms with van der Waals surface area (Å²) in [5.41, 5.74) is 4.12. The Morgan fingerprint density at radius 2 is 1.42 bits per heavy atom. The molecule has 0 aliphatic rings. The fourth-order valence-corrected chi connectivity index (χ4v) is 2.05. The summed E-state index contributed by atoms with van der Waals surface area (Å²) in [5.74, 6) is 0.866. The minimum absolute atomic E-state index is 0.355. The highest BCUT2D eigenvalue weighted by molar-refractivity contribution is 5.53. The van der Waals surface area contributed by atoms with Gasteiger partial charge in [0.1, 0.15) is 0 Å². The standard InChI is InChI=1S/C11H10N2.C10H11N/c1-8(2)10-4-9(7-12)5-11(6-10)13-3;1-8(2)9-5-4-6-10(7-9)11-3/h4-6,8H,1-2H3;4-8H,1-2H3. The van der Waals surface area contributed by atoms with Gasteiger partial charge in [-0.05, 0) is 24.0 Å². The summed E-state index contributed by atoms with van der Waals surface area (Å²) in [4.78, 5) is 6.68. The van der Waals surface area contributed by atoms with Crippen LogP contribution in [0.1, 0.15) is 56.2 Å². The topological polar surface area (TPSA) is 32.5 Å². The smallest absolute Gasteiger partial charge is 0.188 e. The van der Waals surface area contributed by atoms with Crippen molar-refractivity contribution in [2.24, 2.45) is 0 Å². The minimum atomic E-state index is 0.355. The van der Waals surface area contributed by atoms with Crippen molar-refractivity contribution < 1.29 is 0 Å². The number of hydrogen-bond donors (Lipinski definition) is 0. The summed E-state index contributed by atoms with van der Waals surface area (Å²) in [6, 6.07) is 15.1. The van der Waals surface area contributed by atoms with E-state index >= 15 is 0 Å². The minimum Gasteiger partial charge on any atom is -0.238 e. The highest BCUT2D eigenvalue weighted by atomic mass is 14.6. The van der Waals surface area contributed by atoms with E-state index in [9.17, 15) is 0 Å². The van der Waals surface area contributed by atoms with Crippen molar-refractivity contribution in [3.8, 4) is 6.07 Å². The lowest BCUT2D eigenvalue weighted by molar-refractivity contribution is 0.867. The van der Waals surface area contributed by atoms with Gasteiger partial charge in [0.25, 0.3) is 0 Å². The van der Waals surface area contributed by atoms with Gasteiger partial charge in [0, 0.05) is 5.56 Å². The lowest BCUT2D eigenvalue weighted by Crippen LogP contribution is -1.87. The normalized spacial score (nSPS) is 9.46.